The third-order valence-corrected chi connectivity index (χ3v) is 3.23. The molecule has 0 unspecified atom stereocenters. The normalized spacial score (nSPS) is 10.4. The third-order valence-electron chi connectivity index (χ3n) is 2.72. The molecule has 0 bridgehead atoms. The molecule has 0 radical (unpaired) electrons. The van der Waals surface area contributed by atoms with Gasteiger partial charge in [0, 0.05) is 11.5 Å². The smallest absolute Gasteiger partial charge is 0.229 e. The minimum Gasteiger partial charge on any atom is -0.494 e. The van der Waals surface area contributed by atoms with Crippen LogP contribution in [0.5, 0.6) is 5.75 Å². The number of anilines is 2. The average molecular weight is 250 g/mol. The Morgan fingerprint density at radius 3 is 2.59 bits per heavy atom. The summed E-state index contributed by atoms with van der Waals surface area (Å²) < 4.78 is 9.18. The van der Waals surface area contributed by atoms with Crippen LogP contribution >= 0.6 is 11.5 Å². The number of aromatic nitrogens is 3. The van der Waals surface area contributed by atoms with Crippen molar-refractivity contribution in [2.24, 2.45) is 0 Å². The first-order valence-corrected chi connectivity index (χ1v) is 5.97. The maximum absolute atomic E-state index is 5.46. The van der Waals surface area contributed by atoms with Crippen LogP contribution in [-0.2, 0) is 0 Å². The lowest BCUT2D eigenvalue weighted by Crippen LogP contribution is -2.00. The molecule has 1 aromatic heterocycles. The summed E-state index contributed by atoms with van der Waals surface area (Å²) >= 11 is 1.22. The van der Waals surface area contributed by atoms with Gasteiger partial charge in [-0.25, -0.2) is 0 Å². The Balaban J connectivity index is 2.48. The SMILES string of the molecule is COc1c(C)c(C)cc(C)c1Nc1nnns1. The van der Waals surface area contributed by atoms with E-state index in [1.807, 2.05) is 13.8 Å². The van der Waals surface area contributed by atoms with Crippen LogP contribution < -0.4 is 10.1 Å². The minimum atomic E-state index is 0.662. The van der Waals surface area contributed by atoms with Gasteiger partial charge in [0.25, 0.3) is 0 Å². The van der Waals surface area contributed by atoms with Crippen molar-refractivity contribution in [2.45, 2.75) is 20.8 Å². The first-order valence-electron chi connectivity index (χ1n) is 5.20. The van der Waals surface area contributed by atoms with Crippen molar-refractivity contribution < 1.29 is 4.74 Å². The summed E-state index contributed by atoms with van der Waals surface area (Å²) in [6, 6.07) is 2.12. The molecule has 0 fully saturated rings. The second-order valence-corrected chi connectivity index (χ2v) is 4.57. The molecule has 0 atom stereocenters. The lowest BCUT2D eigenvalue weighted by Gasteiger charge is -2.16. The van der Waals surface area contributed by atoms with Gasteiger partial charge in [0.05, 0.1) is 12.8 Å². The van der Waals surface area contributed by atoms with Crippen LogP contribution in [0.15, 0.2) is 6.07 Å². The van der Waals surface area contributed by atoms with Crippen molar-refractivity contribution in [3.63, 3.8) is 0 Å². The molecule has 0 aliphatic heterocycles. The van der Waals surface area contributed by atoms with Crippen molar-refractivity contribution in [2.75, 3.05) is 12.4 Å². The minimum absolute atomic E-state index is 0.662. The van der Waals surface area contributed by atoms with E-state index in [2.05, 4.69) is 33.1 Å². The van der Waals surface area contributed by atoms with Gasteiger partial charge >= 0.3 is 0 Å². The van der Waals surface area contributed by atoms with E-state index in [1.165, 1.54) is 17.1 Å². The Bertz CT molecular complexity index is 525. The Labute approximate surface area is 104 Å². The molecule has 1 heterocycles. The third kappa shape index (κ3) is 2.21. The fourth-order valence-corrected chi connectivity index (χ4v) is 2.12. The number of benzene rings is 1. The highest BCUT2D eigenvalue weighted by atomic mass is 32.1. The molecule has 2 rings (SSSR count). The molecule has 6 heteroatoms. The van der Waals surface area contributed by atoms with Gasteiger partial charge in [-0.15, -0.1) is 0 Å². The fraction of sp³-hybridized carbons (Fsp3) is 0.364. The zero-order chi connectivity index (χ0) is 12.4. The van der Waals surface area contributed by atoms with E-state index in [1.54, 1.807) is 7.11 Å². The predicted octanol–water partition coefficient (Wildman–Crippen LogP) is 2.61. The maximum Gasteiger partial charge on any atom is 0.229 e. The Kier molecular flexibility index (Phi) is 3.23. The molecule has 0 amide bonds. The molecule has 2 aromatic rings. The van der Waals surface area contributed by atoms with Crippen molar-refractivity contribution >= 4 is 22.4 Å². The fourth-order valence-electron chi connectivity index (χ4n) is 1.75. The van der Waals surface area contributed by atoms with Gasteiger partial charge in [0.1, 0.15) is 5.75 Å². The first kappa shape index (κ1) is 11.8. The molecule has 5 nitrogen and oxygen atoms in total. The molecular formula is C11H14N4OS. The van der Waals surface area contributed by atoms with Gasteiger partial charge in [-0.05, 0) is 42.7 Å². The molecule has 17 heavy (non-hydrogen) atoms. The molecule has 0 spiro atoms. The standard InChI is InChI=1S/C11H14N4OS/c1-6-5-7(2)9(10(16-4)8(6)3)12-11-13-14-15-17-11/h5H,1-4H3,(H,12,13,15). The highest BCUT2D eigenvalue weighted by Crippen LogP contribution is 2.36. The van der Waals surface area contributed by atoms with Crippen molar-refractivity contribution in [1.82, 2.24) is 14.8 Å². The monoisotopic (exact) mass is 250 g/mol. The largest absolute Gasteiger partial charge is 0.494 e. The Morgan fingerprint density at radius 1 is 1.24 bits per heavy atom. The van der Waals surface area contributed by atoms with Gasteiger partial charge in [-0.2, -0.15) is 0 Å². The number of rotatable bonds is 3. The van der Waals surface area contributed by atoms with Crippen molar-refractivity contribution in [3.8, 4) is 5.75 Å². The predicted molar refractivity (Wildman–Crippen MR) is 68.2 cm³/mol. The summed E-state index contributed by atoms with van der Waals surface area (Å²) in [7, 11) is 1.67. The molecule has 0 aliphatic carbocycles. The molecule has 0 saturated heterocycles. The summed E-state index contributed by atoms with van der Waals surface area (Å²) in [5.41, 5.74) is 4.37. The van der Waals surface area contributed by atoms with Gasteiger partial charge in [-0.1, -0.05) is 15.7 Å². The molecular weight excluding hydrogens is 236 g/mol. The maximum atomic E-state index is 5.46. The number of hydrogen-bond acceptors (Lipinski definition) is 6. The molecule has 90 valence electrons. The summed E-state index contributed by atoms with van der Waals surface area (Å²) in [5, 5.41) is 11.3. The molecule has 0 saturated carbocycles. The van der Waals surface area contributed by atoms with Gasteiger partial charge in [0.2, 0.25) is 5.13 Å². The molecule has 1 aromatic carbocycles. The van der Waals surface area contributed by atoms with Crippen LogP contribution in [0.2, 0.25) is 0 Å². The van der Waals surface area contributed by atoms with E-state index < -0.39 is 0 Å². The topological polar surface area (TPSA) is 59.9 Å². The second-order valence-electron chi connectivity index (χ2n) is 3.84. The zero-order valence-corrected chi connectivity index (χ0v) is 11.1. The lowest BCUT2D eigenvalue weighted by atomic mass is 10.0. The number of hydrogen-bond donors (Lipinski definition) is 1. The van der Waals surface area contributed by atoms with E-state index in [9.17, 15) is 0 Å². The van der Waals surface area contributed by atoms with Gasteiger partial charge < -0.3 is 10.1 Å². The second kappa shape index (κ2) is 4.67. The van der Waals surface area contributed by atoms with E-state index in [0.717, 1.165) is 22.6 Å². The summed E-state index contributed by atoms with van der Waals surface area (Å²) in [6.45, 7) is 6.14. The number of aryl methyl sites for hydroxylation is 2. The number of methoxy groups -OCH3 is 1. The zero-order valence-electron chi connectivity index (χ0n) is 10.2. The van der Waals surface area contributed by atoms with E-state index >= 15 is 0 Å². The van der Waals surface area contributed by atoms with Gasteiger partial charge in [-0.3, -0.25) is 0 Å². The van der Waals surface area contributed by atoms with Crippen LogP contribution in [0.3, 0.4) is 0 Å². The average Bonchev–Trinajstić information content (AvgIpc) is 2.79. The summed E-state index contributed by atoms with van der Waals surface area (Å²) in [6.07, 6.45) is 0. The van der Waals surface area contributed by atoms with E-state index in [-0.39, 0.29) is 0 Å². The van der Waals surface area contributed by atoms with E-state index in [4.69, 9.17) is 4.74 Å². The van der Waals surface area contributed by atoms with Crippen LogP contribution in [0.25, 0.3) is 0 Å². The van der Waals surface area contributed by atoms with Crippen LogP contribution in [0.4, 0.5) is 10.8 Å². The molecule has 1 N–H and O–H groups in total. The Morgan fingerprint density at radius 2 is 2.00 bits per heavy atom. The summed E-state index contributed by atoms with van der Waals surface area (Å²) in [5.74, 6) is 0.845. The Hall–Kier alpha value is -1.69. The highest BCUT2D eigenvalue weighted by molar-refractivity contribution is 7.09. The van der Waals surface area contributed by atoms with Crippen molar-refractivity contribution in [1.29, 1.82) is 0 Å². The van der Waals surface area contributed by atoms with Crippen LogP contribution in [-0.4, -0.2) is 21.9 Å². The number of nitrogens with zero attached hydrogens (tertiary/aromatic N) is 3. The lowest BCUT2D eigenvalue weighted by molar-refractivity contribution is 0.413. The number of ether oxygens (including phenoxy) is 1. The summed E-state index contributed by atoms with van der Waals surface area (Å²) in [4.78, 5) is 0. The van der Waals surface area contributed by atoms with Crippen LogP contribution in [0, 0.1) is 20.8 Å². The molecule has 0 aliphatic rings. The number of nitrogens with one attached hydrogen (secondary N) is 1. The highest BCUT2D eigenvalue weighted by Gasteiger charge is 2.13. The van der Waals surface area contributed by atoms with Crippen LogP contribution in [0.1, 0.15) is 16.7 Å². The van der Waals surface area contributed by atoms with Gasteiger partial charge in [0.15, 0.2) is 0 Å². The van der Waals surface area contributed by atoms with E-state index in [0.29, 0.717) is 5.13 Å². The quantitative estimate of drug-likeness (QED) is 0.907. The van der Waals surface area contributed by atoms with Crippen molar-refractivity contribution in [3.05, 3.63) is 22.8 Å². The first-order chi connectivity index (χ1) is 8.13.